The summed E-state index contributed by atoms with van der Waals surface area (Å²) >= 11 is 11.9. The van der Waals surface area contributed by atoms with Crippen LogP contribution in [0, 0.1) is 0 Å². The number of methoxy groups -OCH3 is 1. The Balaban J connectivity index is 1.97. The van der Waals surface area contributed by atoms with Crippen LogP contribution in [0.25, 0.3) is 0 Å². The van der Waals surface area contributed by atoms with Crippen molar-refractivity contribution in [3.05, 3.63) is 63.6 Å². The molecule has 5 nitrogen and oxygen atoms in total. The number of hydrogen-bond acceptors (Lipinski definition) is 4. The molecule has 0 bridgehead atoms. The van der Waals surface area contributed by atoms with Crippen molar-refractivity contribution in [2.24, 2.45) is 0 Å². The largest absolute Gasteiger partial charge is 0.479 e. The molecule has 2 aromatic rings. The Hall–Kier alpha value is -2.24. The zero-order valence-electron chi connectivity index (χ0n) is 14.4. The molecular weight excluding hydrogens is 377 g/mol. The number of carbonyl (C=O) groups excluding carboxylic acids is 2. The predicted octanol–water partition coefficient (Wildman–Crippen LogP) is 3.79. The fourth-order valence-corrected chi connectivity index (χ4v) is 2.72. The van der Waals surface area contributed by atoms with Crippen LogP contribution < -0.4 is 10.1 Å². The van der Waals surface area contributed by atoms with E-state index in [1.54, 1.807) is 25.1 Å². The van der Waals surface area contributed by atoms with Gasteiger partial charge in [-0.15, -0.1) is 0 Å². The molecule has 0 fully saturated rings. The highest BCUT2D eigenvalue weighted by atomic mass is 35.5. The zero-order valence-corrected chi connectivity index (χ0v) is 15.9. The second-order valence-corrected chi connectivity index (χ2v) is 6.42. The van der Waals surface area contributed by atoms with Crippen molar-refractivity contribution in [1.29, 1.82) is 0 Å². The standard InChI is InChI=1S/C19H19Cl2NO4/c1-12(26-17-8-7-15(20)10-16(17)21)19(24)22-11-14-6-4-3-5-13(14)9-18(23)25-2/h3-8,10,12H,9,11H2,1-2H3,(H,22,24). The molecule has 2 rings (SSSR count). The number of carbonyl (C=O) groups is 2. The molecule has 1 amide bonds. The van der Waals surface area contributed by atoms with E-state index in [0.29, 0.717) is 15.8 Å². The number of rotatable bonds is 7. The quantitative estimate of drug-likeness (QED) is 0.724. The van der Waals surface area contributed by atoms with E-state index in [9.17, 15) is 9.59 Å². The SMILES string of the molecule is COC(=O)Cc1ccccc1CNC(=O)C(C)Oc1ccc(Cl)cc1Cl. The van der Waals surface area contributed by atoms with E-state index < -0.39 is 6.10 Å². The van der Waals surface area contributed by atoms with Crippen LogP contribution in [0.1, 0.15) is 18.1 Å². The Kier molecular flexibility index (Phi) is 7.30. The van der Waals surface area contributed by atoms with Crippen molar-refractivity contribution >= 4 is 35.1 Å². The lowest BCUT2D eigenvalue weighted by atomic mass is 10.0. The van der Waals surface area contributed by atoms with E-state index in [0.717, 1.165) is 11.1 Å². The third-order valence-electron chi connectivity index (χ3n) is 3.70. The summed E-state index contributed by atoms with van der Waals surface area (Å²) in [6, 6.07) is 12.1. The van der Waals surface area contributed by atoms with E-state index in [1.807, 2.05) is 24.3 Å². The summed E-state index contributed by atoms with van der Waals surface area (Å²) in [5.41, 5.74) is 1.64. The van der Waals surface area contributed by atoms with Crippen LogP contribution in [-0.4, -0.2) is 25.1 Å². The molecule has 0 radical (unpaired) electrons. The number of esters is 1. The zero-order chi connectivity index (χ0) is 19.1. The molecular formula is C19H19Cl2NO4. The van der Waals surface area contributed by atoms with Crippen LogP contribution in [-0.2, 0) is 27.3 Å². The summed E-state index contributed by atoms with van der Waals surface area (Å²) in [4.78, 5) is 23.8. The summed E-state index contributed by atoms with van der Waals surface area (Å²) in [5.74, 6) is -0.258. The Labute approximate surface area is 162 Å². The van der Waals surface area contributed by atoms with Crippen LogP contribution in [0.2, 0.25) is 10.0 Å². The van der Waals surface area contributed by atoms with Gasteiger partial charge < -0.3 is 14.8 Å². The fraction of sp³-hybridized carbons (Fsp3) is 0.263. The maximum atomic E-state index is 12.3. The Morgan fingerprint density at radius 3 is 2.46 bits per heavy atom. The van der Waals surface area contributed by atoms with E-state index >= 15 is 0 Å². The molecule has 138 valence electrons. The van der Waals surface area contributed by atoms with Gasteiger partial charge in [-0.2, -0.15) is 0 Å². The van der Waals surface area contributed by atoms with Crippen molar-refractivity contribution < 1.29 is 19.1 Å². The van der Waals surface area contributed by atoms with Crippen LogP contribution in [0.3, 0.4) is 0 Å². The lowest BCUT2D eigenvalue weighted by Gasteiger charge is -2.16. The average Bonchev–Trinajstić information content (AvgIpc) is 2.62. The first-order valence-corrected chi connectivity index (χ1v) is 8.69. The van der Waals surface area contributed by atoms with E-state index in [4.69, 9.17) is 32.7 Å². The highest BCUT2D eigenvalue weighted by Gasteiger charge is 2.17. The van der Waals surface area contributed by atoms with Gasteiger partial charge in [0.25, 0.3) is 5.91 Å². The normalized spacial score (nSPS) is 11.5. The summed E-state index contributed by atoms with van der Waals surface area (Å²) in [6.45, 7) is 1.90. The molecule has 0 aromatic heterocycles. The van der Waals surface area contributed by atoms with Crippen LogP contribution in [0.4, 0.5) is 0 Å². The van der Waals surface area contributed by atoms with E-state index in [2.05, 4.69) is 5.32 Å². The minimum Gasteiger partial charge on any atom is -0.479 e. The minimum absolute atomic E-state index is 0.148. The molecule has 1 unspecified atom stereocenters. The fourth-order valence-electron chi connectivity index (χ4n) is 2.27. The summed E-state index contributed by atoms with van der Waals surface area (Å²) < 4.78 is 10.3. The number of ether oxygens (including phenoxy) is 2. The molecule has 1 N–H and O–H groups in total. The molecule has 0 aliphatic rings. The predicted molar refractivity (Wildman–Crippen MR) is 101 cm³/mol. The van der Waals surface area contributed by atoms with Gasteiger partial charge in [0, 0.05) is 11.6 Å². The van der Waals surface area contributed by atoms with Crippen molar-refractivity contribution in [2.45, 2.75) is 26.0 Å². The highest BCUT2D eigenvalue weighted by Crippen LogP contribution is 2.28. The number of hydrogen-bond donors (Lipinski definition) is 1. The van der Waals surface area contributed by atoms with Gasteiger partial charge in [0.2, 0.25) is 0 Å². The second kappa shape index (κ2) is 9.46. The molecule has 0 spiro atoms. The van der Waals surface area contributed by atoms with Gasteiger partial charge in [-0.25, -0.2) is 0 Å². The maximum absolute atomic E-state index is 12.3. The molecule has 0 saturated carbocycles. The molecule has 0 saturated heterocycles. The smallest absolute Gasteiger partial charge is 0.309 e. The molecule has 0 aliphatic heterocycles. The average molecular weight is 396 g/mol. The molecule has 1 atom stereocenters. The monoisotopic (exact) mass is 395 g/mol. The van der Waals surface area contributed by atoms with Gasteiger partial charge in [0.15, 0.2) is 6.10 Å². The van der Waals surface area contributed by atoms with Crippen LogP contribution >= 0.6 is 23.2 Å². The molecule has 0 heterocycles. The first-order valence-electron chi connectivity index (χ1n) is 7.93. The first-order chi connectivity index (χ1) is 12.4. The third kappa shape index (κ3) is 5.64. The van der Waals surface area contributed by atoms with Crippen LogP contribution in [0.15, 0.2) is 42.5 Å². The summed E-state index contributed by atoms with van der Waals surface area (Å²) in [5, 5.41) is 3.62. The number of benzene rings is 2. The topological polar surface area (TPSA) is 64.6 Å². The van der Waals surface area contributed by atoms with Crippen molar-refractivity contribution in [3.63, 3.8) is 0 Å². The number of halogens is 2. The lowest BCUT2D eigenvalue weighted by Crippen LogP contribution is -2.36. The molecule has 26 heavy (non-hydrogen) atoms. The van der Waals surface area contributed by atoms with Crippen LogP contribution in [0.5, 0.6) is 5.75 Å². The van der Waals surface area contributed by atoms with Gasteiger partial charge in [0.1, 0.15) is 5.75 Å². The Bertz CT molecular complexity index is 795. The highest BCUT2D eigenvalue weighted by molar-refractivity contribution is 6.35. The van der Waals surface area contributed by atoms with Gasteiger partial charge in [0.05, 0.1) is 18.6 Å². The number of nitrogens with one attached hydrogen (secondary N) is 1. The number of amides is 1. The third-order valence-corrected chi connectivity index (χ3v) is 4.23. The molecule has 2 aromatic carbocycles. The molecule has 7 heteroatoms. The Morgan fingerprint density at radius 2 is 1.81 bits per heavy atom. The first kappa shape index (κ1) is 20.1. The van der Waals surface area contributed by atoms with E-state index in [-0.39, 0.29) is 24.8 Å². The molecule has 0 aliphatic carbocycles. The minimum atomic E-state index is -0.749. The lowest BCUT2D eigenvalue weighted by molar-refractivity contribution is -0.139. The summed E-state index contributed by atoms with van der Waals surface area (Å²) in [6.07, 6.45) is -0.601. The summed E-state index contributed by atoms with van der Waals surface area (Å²) in [7, 11) is 1.34. The Morgan fingerprint density at radius 1 is 1.12 bits per heavy atom. The van der Waals surface area contributed by atoms with Gasteiger partial charge in [-0.05, 0) is 36.2 Å². The van der Waals surface area contributed by atoms with E-state index in [1.165, 1.54) is 7.11 Å². The van der Waals surface area contributed by atoms with Gasteiger partial charge >= 0.3 is 5.97 Å². The van der Waals surface area contributed by atoms with Crippen molar-refractivity contribution in [2.75, 3.05) is 7.11 Å². The van der Waals surface area contributed by atoms with Crippen molar-refractivity contribution in [1.82, 2.24) is 5.32 Å². The van der Waals surface area contributed by atoms with Crippen molar-refractivity contribution in [3.8, 4) is 5.75 Å². The maximum Gasteiger partial charge on any atom is 0.309 e. The van der Waals surface area contributed by atoms with Gasteiger partial charge in [-0.3, -0.25) is 9.59 Å². The second-order valence-electron chi connectivity index (χ2n) is 5.57. The van der Waals surface area contributed by atoms with Gasteiger partial charge in [-0.1, -0.05) is 47.5 Å².